The summed E-state index contributed by atoms with van der Waals surface area (Å²) in [5.41, 5.74) is 1.05. The lowest BCUT2D eigenvalue weighted by atomic mass is 9.97. The van der Waals surface area contributed by atoms with Crippen molar-refractivity contribution >= 4 is 11.9 Å². The molecule has 0 bridgehead atoms. The van der Waals surface area contributed by atoms with E-state index in [2.05, 4.69) is 0 Å². The molecular weight excluding hydrogens is 306 g/mol. The molecule has 132 valence electrons. The zero-order valence-electron chi connectivity index (χ0n) is 14.4. The summed E-state index contributed by atoms with van der Waals surface area (Å²) in [6, 6.07) is 7.89. The number of nitrogens with zero attached hydrogens (tertiary/aromatic N) is 1. The second-order valence-corrected chi connectivity index (χ2v) is 6.21. The molecule has 5 nitrogen and oxygen atoms in total. The molecule has 0 aromatic heterocycles. The third kappa shape index (κ3) is 5.25. The van der Waals surface area contributed by atoms with Crippen LogP contribution in [0.15, 0.2) is 24.3 Å². The summed E-state index contributed by atoms with van der Waals surface area (Å²) in [4.78, 5) is 25.3. The van der Waals surface area contributed by atoms with Crippen LogP contribution in [-0.2, 0) is 16.0 Å². The molecule has 0 radical (unpaired) electrons. The number of carboxylic acid groups (broad SMARTS) is 1. The maximum absolute atomic E-state index is 12.6. The summed E-state index contributed by atoms with van der Waals surface area (Å²) in [5.74, 6) is 0.170. The molecule has 0 unspecified atom stereocenters. The summed E-state index contributed by atoms with van der Waals surface area (Å²) < 4.78 is 5.61. The van der Waals surface area contributed by atoms with Crippen LogP contribution < -0.4 is 4.74 Å². The zero-order valence-corrected chi connectivity index (χ0v) is 14.4. The van der Waals surface area contributed by atoms with Crippen LogP contribution >= 0.6 is 0 Å². The highest BCUT2D eigenvalue weighted by Crippen LogP contribution is 2.24. The third-order valence-electron chi connectivity index (χ3n) is 4.52. The number of carboxylic acids is 1. The van der Waals surface area contributed by atoms with Crippen molar-refractivity contribution in [1.29, 1.82) is 0 Å². The van der Waals surface area contributed by atoms with Gasteiger partial charge in [0.2, 0.25) is 5.91 Å². The van der Waals surface area contributed by atoms with Crippen LogP contribution in [0.25, 0.3) is 0 Å². The number of benzene rings is 1. The lowest BCUT2D eigenvalue weighted by molar-refractivity contribution is -0.140. The first kappa shape index (κ1) is 18.3. The van der Waals surface area contributed by atoms with Crippen molar-refractivity contribution in [1.82, 2.24) is 4.90 Å². The smallest absolute Gasteiger partial charge is 0.303 e. The molecule has 2 rings (SSSR count). The highest BCUT2D eigenvalue weighted by Gasteiger charge is 2.26. The van der Waals surface area contributed by atoms with Gasteiger partial charge in [0.25, 0.3) is 0 Å². The van der Waals surface area contributed by atoms with E-state index < -0.39 is 5.97 Å². The molecule has 24 heavy (non-hydrogen) atoms. The molecule has 0 saturated carbocycles. The van der Waals surface area contributed by atoms with E-state index in [-0.39, 0.29) is 18.4 Å². The number of carbonyl (C=O) groups is 2. The highest BCUT2D eigenvalue weighted by molar-refractivity contribution is 5.77. The number of rotatable bonds is 8. The molecule has 5 heteroatoms. The molecule has 1 aliphatic heterocycles. The number of carbonyl (C=O) groups excluding carboxylic acids is 1. The van der Waals surface area contributed by atoms with Gasteiger partial charge in [0.1, 0.15) is 5.75 Å². The Balaban J connectivity index is 1.93. The molecule has 1 heterocycles. The van der Waals surface area contributed by atoms with Crippen LogP contribution in [0, 0.1) is 0 Å². The molecule has 0 aliphatic carbocycles. The predicted octanol–water partition coefficient (Wildman–Crippen LogP) is 3.26. The number of likely N-dealkylation sites (tertiary alicyclic amines) is 1. The molecule has 1 aliphatic rings. The van der Waals surface area contributed by atoms with Crippen molar-refractivity contribution in [3.8, 4) is 5.75 Å². The largest absolute Gasteiger partial charge is 0.494 e. The summed E-state index contributed by atoms with van der Waals surface area (Å²) >= 11 is 0. The molecular formula is C19H27NO4. The van der Waals surface area contributed by atoms with Crippen molar-refractivity contribution in [3.63, 3.8) is 0 Å². The Hall–Kier alpha value is -2.04. The van der Waals surface area contributed by atoms with E-state index in [0.29, 0.717) is 25.9 Å². The fourth-order valence-electron chi connectivity index (χ4n) is 3.31. The molecule has 1 amide bonds. The third-order valence-corrected chi connectivity index (χ3v) is 4.52. The fraction of sp³-hybridized carbons (Fsp3) is 0.579. The van der Waals surface area contributed by atoms with Crippen molar-refractivity contribution in [2.75, 3.05) is 13.2 Å². The van der Waals surface area contributed by atoms with E-state index in [9.17, 15) is 9.59 Å². The highest BCUT2D eigenvalue weighted by atomic mass is 16.5. The van der Waals surface area contributed by atoms with Gasteiger partial charge in [-0.1, -0.05) is 18.2 Å². The average Bonchev–Trinajstić information content (AvgIpc) is 2.59. The molecule has 1 N–H and O–H groups in total. The minimum absolute atomic E-state index is 0.0736. The number of ether oxygens (including phenoxy) is 1. The standard InChI is InChI=1S/C19H27NO4/c1-2-24-17-9-4-3-7-15(17)10-12-18(21)20-14-6-5-8-16(20)11-13-19(22)23/h3-4,7,9,16H,2,5-6,8,10-14H2,1H3,(H,22,23)/t16-/m1/s1. The van der Waals surface area contributed by atoms with Crippen LogP contribution in [0.4, 0.5) is 0 Å². The molecule has 1 fully saturated rings. The zero-order chi connectivity index (χ0) is 17.4. The van der Waals surface area contributed by atoms with E-state index in [1.165, 1.54) is 0 Å². The van der Waals surface area contributed by atoms with Gasteiger partial charge in [0.05, 0.1) is 6.61 Å². The molecule has 1 aromatic carbocycles. The van der Waals surface area contributed by atoms with Crippen LogP contribution in [-0.4, -0.2) is 41.1 Å². The van der Waals surface area contributed by atoms with Crippen molar-refractivity contribution < 1.29 is 19.4 Å². The Morgan fingerprint density at radius 3 is 2.79 bits per heavy atom. The predicted molar refractivity (Wildman–Crippen MR) is 92.2 cm³/mol. The Morgan fingerprint density at radius 2 is 2.04 bits per heavy atom. The average molecular weight is 333 g/mol. The summed E-state index contributed by atoms with van der Waals surface area (Å²) in [7, 11) is 0. The summed E-state index contributed by atoms with van der Waals surface area (Å²) in [6.45, 7) is 3.30. The van der Waals surface area contributed by atoms with E-state index in [0.717, 1.165) is 37.1 Å². The molecule has 1 atom stereocenters. The minimum atomic E-state index is -0.793. The second kappa shape index (κ2) is 9.30. The normalized spacial score (nSPS) is 17.5. The Bertz CT molecular complexity index is 558. The minimum Gasteiger partial charge on any atom is -0.494 e. The number of hydrogen-bond donors (Lipinski definition) is 1. The number of aryl methyl sites for hydroxylation is 1. The van der Waals surface area contributed by atoms with Crippen molar-refractivity contribution in [2.24, 2.45) is 0 Å². The number of piperidine rings is 1. The number of hydrogen-bond acceptors (Lipinski definition) is 3. The SMILES string of the molecule is CCOc1ccccc1CCC(=O)N1CCCC[C@@H]1CCC(=O)O. The summed E-state index contributed by atoms with van der Waals surface area (Å²) in [5, 5.41) is 8.88. The Labute approximate surface area is 143 Å². The van der Waals surface area contributed by atoms with Gasteiger partial charge < -0.3 is 14.7 Å². The summed E-state index contributed by atoms with van der Waals surface area (Å²) in [6.07, 6.45) is 4.75. The maximum atomic E-state index is 12.6. The Morgan fingerprint density at radius 1 is 1.25 bits per heavy atom. The van der Waals surface area contributed by atoms with Gasteiger partial charge in [0, 0.05) is 25.4 Å². The van der Waals surface area contributed by atoms with Crippen molar-refractivity contribution in [2.45, 2.75) is 57.9 Å². The van der Waals surface area contributed by atoms with Gasteiger partial charge in [-0.25, -0.2) is 0 Å². The van der Waals surface area contributed by atoms with Gasteiger partial charge in [-0.15, -0.1) is 0 Å². The first-order valence-corrected chi connectivity index (χ1v) is 8.83. The first-order chi connectivity index (χ1) is 11.6. The first-order valence-electron chi connectivity index (χ1n) is 8.83. The lowest BCUT2D eigenvalue weighted by Crippen LogP contribution is -2.44. The fourth-order valence-corrected chi connectivity index (χ4v) is 3.31. The maximum Gasteiger partial charge on any atom is 0.303 e. The Kier molecular flexibility index (Phi) is 7.09. The number of amides is 1. The van der Waals surface area contributed by atoms with Crippen molar-refractivity contribution in [3.05, 3.63) is 29.8 Å². The number of para-hydroxylation sites is 1. The molecule has 0 spiro atoms. The van der Waals surface area contributed by atoms with E-state index in [1.807, 2.05) is 36.1 Å². The van der Waals surface area contributed by atoms with Gasteiger partial charge >= 0.3 is 5.97 Å². The number of aliphatic carboxylic acids is 1. The van der Waals surface area contributed by atoms with Crippen LogP contribution in [0.2, 0.25) is 0 Å². The molecule has 1 saturated heterocycles. The van der Waals surface area contributed by atoms with Crippen LogP contribution in [0.3, 0.4) is 0 Å². The second-order valence-electron chi connectivity index (χ2n) is 6.21. The van der Waals surface area contributed by atoms with Gasteiger partial charge in [0.15, 0.2) is 0 Å². The van der Waals surface area contributed by atoms with E-state index in [1.54, 1.807) is 0 Å². The lowest BCUT2D eigenvalue weighted by Gasteiger charge is -2.36. The quantitative estimate of drug-likeness (QED) is 0.793. The molecule has 1 aromatic rings. The topological polar surface area (TPSA) is 66.8 Å². The van der Waals surface area contributed by atoms with Crippen LogP contribution in [0.5, 0.6) is 5.75 Å². The van der Waals surface area contributed by atoms with Gasteiger partial charge in [-0.3, -0.25) is 9.59 Å². The van der Waals surface area contributed by atoms with Gasteiger partial charge in [-0.05, 0) is 50.7 Å². The van der Waals surface area contributed by atoms with E-state index >= 15 is 0 Å². The van der Waals surface area contributed by atoms with E-state index in [4.69, 9.17) is 9.84 Å². The monoisotopic (exact) mass is 333 g/mol. The van der Waals surface area contributed by atoms with Crippen LogP contribution in [0.1, 0.15) is 51.0 Å². The van der Waals surface area contributed by atoms with Gasteiger partial charge in [-0.2, -0.15) is 0 Å².